The molecule has 0 nitrogen and oxygen atoms in total. The van der Waals surface area contributed by atoms with Gasteiger partial charge in [0.2, 0.25) is 0 Å². The Balaban J connectivity index is 0. The summed E-state index contributed by atoms with van der Waals surface area (Å²) in [6.45, 7) is 2.10. The molecule has 0 saturated heterocycles. The number of unbranched alkanes of at least 4 members (excludes halogenated alkanes) is 1. The highest BCUT2D eigenvalue weighted by Gasteiger charge is 1.92. The van der Waals surface area contributed by atoms with Crippen LogP contribution in [-0.4, -0.2) is 23.0 Å². The Morgan fingerprint density at radius 3 is 1.58 bits per heavy atom. The van der Waals surface area contributed by atoms with E-state index in [1.165, 1.54) is 0 Å². The monoisotopic (exact) mass is 296 g/mol. The molecule has 76 valence electrons. The van der Waals surface area contributed by atoms with Crippen LogP contribution in [0.1, 0.15) is 19.8 Å². The van der Waals surface area contributed by atoms with Crippen LogP contribution >= 0.6 is 50.7 Å². The van der Waals surface area contributed by atoms with E-state index in [1.807, 2.05) is 0 Å². The Labute approximate surface area is 99.1 Å². The maximum Gasteiger partial charge on any atom is 0.0257 e. The predicted octanol–water partition coefficient (Wildman–Crippen LogP) is 4.50. The van der Waals surface area contributed by atoms with E-state index in [0.29, 0.717) is 5.92 Å². The van der Waals surface area contributed by atoms with Crippen molar-refractivity contribution in [1.29, 1.82) is 0 Å². The maximum absolute atomic E-state index is 5.42. The van der Waals surface area contributed by atoms with Crippen molar-refractivity contribution in [3.63, 3.8) is 0 Å². The molecule has 0 N–H and O–H groups in total. The van der Waals surface area contributed by atoms with E-state index in [2.05, 4.69) is 22.9 Å². The standard InChI is InChI=1S/C4H8BrCl.C4H8Cl2/c1-4(2-5)3-6;5-3-1-2-4-6/h4H,2-3H2,1H3;1-4H2. The molecule has 0 aromatic carbocycles. The lowest BCUT2D eigenvalue weighted by Crippen LogP contribution is -1.94. The zero-order valence-electron chi connectivity index (χ0n) is 7.33. The van der Waals surface area contributed by atoms with Gasteiger partial charge in [-0.1, -0.05) is 22.9 Å². The van der Waals surface area contributed by atoms with Crippen molar-refractivity contribution in [3.8, 4) is 0 Å². The van der Waals surface area contributed by atoms with E-state index >= 15 is 0 Å². The molecule has 1 unspecified atom stereocenters. The average Bonchev–Trinajstić information content (AvgIpc) is 2.14. The average molecular weight is 298 g/mol. The van der Waals surface area contributed by atoms with Crippen LogP contribution < -0.4 is 0 Å². The molecule has 1 atom stereocenters. The highest BCUT2D eigenvalue weighted by molar-refractivity contribution is 9.09. The van der Waals surface area contributed by atoms with Gasteiger partial charge in [0.25, 0.3) is 0 Å². The van der Waals surface area contributed by atoms with E-state index in [4.69, 9.17) is 34.8 Å². The summed E-state index contributed by atoms with van der Waals surface area (Å²) in [6.07, 6.45) is 2.09. The van der Waals surface area contributed by atoms with E-state index in [9.17, 15) is 0 Å². The van der Waals surface area contributed by atoms with Crippen LogP contribution in [0.2, 0.25) is 0 Å². The summed E-state index contributed by atoms with van der Waals surface area (Å²) in [6, 6.07) is 0. The van der Waals surface area contributed by atoms with Crippen molar-refractivity contribution in [3.05, 3.63) is 0 Å². The highest BCUT2D eigenvalue weighted by Crippen LogP contribution is 2.00. The van der Waals surface area contributed by atoms with Gasteiger partial charge in [-0.05, 0) is 18.8 Å². The summed E-state index contributed by atoms with van der Waals surface area (Å²) in [7, 11) is 0. The van der Waals surface area contributed by atoms with Crippen LogP contribution in [0.25, 0.3) is 0 Å². The lowest BCUT2D eigenvalue weighted by Gasteiger charge is -1.95. The van der Waals surface area contributed by atoms with Gasteiger partial charge in [0.15, 0.2) is 0 Å². The molecule has 0 aromatic rings. The topological polar surface area (TPSA) is 0 Å². The van der Waals surface area contributed by atoms with Crippen LogP contribution in [-0.2, 0) is 0 Å². The van der Waals surface area contributed by atoms with Crippen molar-refractivity contribution in [1.82, 2.24) is 0 Å². The third kappa shape index (κ3) is 17.4. The summed E-state index contributed by atoms with van der Waals surface area (Å²) >= 11 is 19.4. The largest absolute Gasteiger partial charge is 0.127 e. The minimum Gasteiger partial charge on any atom is -0.127 e. The minimum atomic E-state index is 0.617. The molecule has 0 fully saturated rings. The summed E-state index contributed by atoms with van der Waals surface area (Å²) in [5.41, 5.74) is 0. The summed E-state index contributed by atoms with van der Waals surface area (Å²) in [5.74, 6) is 2.86. The Kier molecular flexibility index (Phi) is 19.6. The molecule has 0 amide bonds. The number of rotatable bonds is 5. The SMILES string of the molecule is CC(CCl)CBr.ClCCCCCl. The first kappa shape index (κ1) is 15.8. The van der Waals surface area contributed by atoms with E-state index in [1.54, 1.807) is 0 Å². The van der Waals surface area contributed by atoms with Crippen LogP contribution in [0.5, 0.6) is 0 Å². The second kappa shape index (κ2) is 14.9. The minimum absolute atomic E-state index is 0.617. The second-order valence-electron chi connectivity index (χ2n) is 2.50. The van der Waals surface area contributed by atoms with Crippen LogP contribution in [0, 0.1) is 5.92 Å². The number of hydrogen-bond donors (Lipinski definition) is 0. The highest BCUT2D eigenvalue weighted by atomic mass is 79.9. The van der Waals surface area contributed by atoms with Gasteiger partial charge in [0, 0.05) is 23.0 Å². The summed E-state index contributed by atoms with van der Waals surface area (Å²) in [4.78, 5) is 0. The molecular weight excluding hydrogens is 282 g/mol. The van der Waals surface area contributed by atoms with Crippen molar-refractivity contribution < 1.29 is 0 Å². The zero-order valence-corrected chi connectivity index (χ0v) is 11.2. The molecule has 0 spiro atoms. The zero-order chi connectivity index (χ0) is 9.82. The normalized spacial score (nSPS) is 11.8. The molecule has 0 aliphatic heterocycles. The third-order valence-corrected chi connectivity index (χ3v) is 3.21. The van der Waals surface area contributed by atoms with Crippen molar-refractivity contribution in [2.75, 3.05) is 23.0 Å². The number of alkyl halides is 4. The number of halogens is 4. The fraction of sp³-hybridized carbons (Fsp3) is 1.00. The fourth-order valence-corrected chi connectivity index (χ4v) is 1.21. The predicted molar refractivity (Wildman–Crippen MR) is 64.4 cm³/mol. The Morgan fingerprint density at radius 1 is 1.08 bits per heavy atom. The van der Waals surface area contributed by atoms with Gasteiger partial charge in [0.05, 0.1) is 0 Å². The third-order valence-electron chi connectivity index (χ3n) is 1.04. The number of hydrogen-bond acceptors (Lipinski definition) is 0. The maximum atomic E-state index is 5.42. The summed E-state index contributed by atoms with van der Waals surface area (Å²) < 4.78 is 0. The van der Waals surface area contributed by atoms with Gasteiger partial charge in [0.1, 0.15) is 0 Å². The van der Waals surface area contributed by atoms with Crippen molar-refractivity contribution in [2.45, 2.75) is 19.8 Å². The molecule has 0 saturated carbocycles. The lowest BCUT2D eigenvalue weighted by atomic mass is 10.3. The first-order chi connectivity index (χ1) is 5.72. The van der Waals surface area contributed by atoms with E-state index in [0.717, 1.165) is 35.8 Å². The van der Waals surface area contributed by atoms with Crippen LogP contribution in [0.4, 0.5) is 0 Å². The summed E-state index contributed by atoms with van der Waals surface area (Å²) in [5, 5.41) is 1.01. The Morgan fingerprint density at radius 2 is 1.50 bits per heavy atom. The Bertz CT molecular complexity index is 63.3. The van der Waals surface area contributed by atoms with Gasteiger partial charge >= 0.3 is 0 Å². The van der Waals surface area contributed by atoms with Gasteiger partial charge in [-0.15, -0.1) is 34.8 Å². The Hall–Kier alpha value is 1.35. The van der Waals surface area contributed by atoms with Crippen LogP contribution in [0.3, 0.4) is 0 Å². The molecule has 0 aromatic heterocycles. The fourth-order valence-electron chi connectivity index (χ4n) is 0.230. The molecule has 0 bridgehead atoms. The lowest BCUT2D eigenvalue weighted by molar-refractivity contribution is 0.765. The van der Waals surface area contributed by atoms with Crippen molar-refractivity contribution in [2.24, 2.45) is 5.92 Å². The molecule has 0 aliphatic carbocycles. The first-order valence-electron chi connectivity index (χ1n) is 3.96. The van der Waals surface area contributed by atoms with Gasteiger partial charge in [-0.25, -0.2) is 0 Å². The molecule has 4 heteroatoms. The van der Waals surface area contributed by atoms with Crippen molar-refractivity contribution >= 4 is 50.7 Å². The molecule has 0 radical (unpaired) electrons. The van der Waals surface area contributed by atoms with Gasteiger partial charge in [-0.3, -0.25) is 0 Å². The molecular formula is C8H16BrCl3. The molecule has 0 heterocycles. The molecule has 0 rings (SSSR count). The van der Waals surface area contributed by atoms with E-state index in [-0.39, 0.29) is 0 Å². The first-order valence-corrected chi connectivity index (χ1v) is 6.69. The molecule has 0 aliphatic rings. The molecule has 12 heavy (non-hydrogen) atoms. The second-order valence-corrected chi connectivity index (χ2v) is 4.21. The smallest absolute Gasteiger partial charge is 0.0257 e. The van der Waals surface area contributed by atoms with Crippen LogP contribution in [0.15, 0.2) is 0 Å². The van der Waals surface area contributed by atoms with E-state index < -0.39 is 0 Å². The van der Waals surface area contributed by atoms with Gasteiger partial charge in [-0.2, -0.15) is 0 Å². The quantitative estimate of drug-likeness (QED) is 0.518. The van der Waals surface area contributed by atoms with Gasteiger partial charge < -0.3 is 0 Å².